The number of aromatic nitrogens is 2. The molecule has 0 aliphatic heterocycles. The first-order valence-electron chi connectivity index (χ1n) is 9.68. The average Bonchev–Trinajstić information content (AvgIpc) is 3.33. The fourth-order valence-corrected chi connectivity index (χ4v) is 4.31. The van der Waals surface area contributed by atoms with Crippen LogP contribution in [-0.4, -0.2) is 9.78 Å². The predicted octanol–water partition coefficient (Wildman–Crippen LogP) is 5.48. The lowest BCUT2D eigenvalue weighted by Gasteiger charge is -2.17. The SMILES string of the molecule is Cc1nn(C)cc1-c1ccc(F)c2c1CCC2Oc1ccc(C2CC2)cc1. The quantitative estimate of drug-likeness (QED) is 0.615. The number of fused-ring (bicyclic) bond motifs is 1. The highest BCUT2D eigenvalue weighted by Gasteiger charge is 2.31. The van der Waals surface area contributed by atoms with Gasteiger partial charge in [-0.05, 0) is 73.4 Å². The Bertz CT molecular complexity index is 1000. The lowest BCUT2D eigenvalue weighted by Crippen LogP contribution is -2.06. The van der Waals surface area contributed by atoms with E-state index < -0.39 is 0 Å². The Morgan fingerprint density at radius 2 is 1.81 bits per heavy atom. The van der Waals surface area contributed by atoms with Crippen molar-refractivity contribution in [2.75, 3.05) is 0 Å². The molecule has 0 radical (unpaired) electrons. The standard InChI is InChI=1S/C23H23FN2O/c1-14-20(13-26(2)25-14)18-9-11-21(24)23-19(18)10-12-22(23)27-17-7-5-16(6-8-17)15-3-4-15/h5-9,11,13,15,22H,3-4,10,12H2,1-2H3. The van der Waals surface area contributed by atoms with Crippen molar-refractivity contribution in [3.05, 3.63) is 70.8 Å². The Labute approximate surface area is 158 Å². The molecule has 2 aliphatic carbocycles. The lowest BCUT2D eigenvalue weighted by molar-refractivity contribution is 0.203. The molecule has 0 N–H and O–H groups in total. The molecule has 3 nitrogen and oxygen atoms in total. The van der Waals surface area contributed by atoms with Gasteiger partial charge in [0.15, 0.2) is 0 Å². The molecule has 1 fully saturated rings. The average molecular weight is 362 g/mol. The highest BCUT2D eigenvalue weighted by Crippen LogP contribution is 2.43. The van der Waals surface area contributed by atoms with Crippen LogP contribution in [0.2, 0.25) is 0 Å². The number of halogens is 1. The molecule has 0 spiro atoms. The normalized spacial score (nSPS) is 18.6. The van der Waals surface area contributed by atoms with E-state index in [2.05, 4.69) is 17.2 Å². The van der Waals surface area contributed by atoms with Crippen LogP contribution in [0.25, 0.3) is 11.1 Å². The number of rotatable bonds is 4. The van der Waals surface area contributed by atoms with Crippen molar-refractivity contribution >= 4 is 0 Å². The molecule has 1 aromatic heterocycles. The summed E-state index contributed by atoms with van der Waals surface area (Å²) in [5.74, 6) is 1.38. The van der Waals surface area contributed by atoms with Crippen LogP contribution in [0.15, 0.2) is 42.6 Å². The van der Waals surface area contributed by atoms with Crippen LogP contribution in [-0.2, 0) is 13.5 Å². The third kappa shape index (κ3) is 2.93. The van der Waals surface area contributed by atoms with Crippen molar-refractivity contribution in [3.63, 3.8) is 0 Å². The summed E-state index contributed by atoms with van der Waals surface area (Å²) >= 11 is 0. The van der Waals surface area contributed by atoms with E-state index in [1.54, 1.807) is 6.07 Å². The predicted molar refractivity (Wildman–Crippen MR) is 103 cm³/mol. The van der Waals surface area contributed by atoms with Gasteiger partial charge in [0.1, 0.15) is 17.7 Å². The Hall–Kier alpha value is -2.62. The monoisotopic (exact) mass is 362 g/mol. The summed E-state index contributed by atoms with van der Waals surface area (Å²) in [5.41, 5.74) is 6.27. The fraction of sp³-hybridized carbons (Fsp3) is 0.348. The largest absolute Gasteiger partial charge is 0.486 e. The molecular formula is C23H23FN2O. The first-order chi connectivity index (χ1) is 13.1. The summed E-state index contributed by atoms with van der Waals surface area (Å²) < 4.78 is 22.7. The van der Waals surface area contributed by atoms with E-state index >= 15 is 0 Å². The molecule has 0 amide bonds. The summed E-state index contributed by atoms with van der Waals surface area (Å²) in [4.78, 5) is 0. The minimum absolute atomic E-state index is 0.174. The van der Waals surface area contributed by atoms with Crippen molar-refractivity contribution in [1.29, 1.82) is 0 Å². The molecule has 0 saturated heterocycles. The maximum absolute atomic E-state index is 14.7. The van der Waals surface area contributed by atoms with Crippen LogP contribution in [0.1, 0.15) is 53.7 Å². The molecule has 1 heterocycles. The Balaban J connectivity index is 1.47. The summed E-state index contributed by atoms with van der Waals surface area (Å²) in [6, 6.07) is 11.8. The second-order valence-electron chi connectivity index (χ2n) is 7.78. The zero-order valence-corrected chi connectivity index (χ0v) is 15.7. The van der Waals surface area contributed by atoms with Gasteiger partial charge >= 0.3 is 0 Å². The van der Waals surface area contributed by atoms with Gasteiger partial charge in [-0.3, -0.25) is 4.68 Å². The maximum atomic E-state index is 14.7. The van der Waals surface area contributed by atoms with Crippen LogP contribution in [0.4, 0.5) is 4.39 Å². The van der Waals surface area contributed by atoms with E-state index in [0.29, 0.717) is 5.56 Å². The minimum atomic E-state index is -0.233. The number of aryl methyl sites for hydroxylation is 2. The zero-order chi connectivity index (χ0) is 18.5. The molecule has 2 aromatic carbocycles. The molecule has 1 atom stereocenters. The maximum Gasteiger partial charge on any atom is 0.130 e. The minimum Gasteiger partial charge on any atom is -0.486 e. The molecule has 2 aliphatic rings. The summed E-state index contributed by atoms with van der Waals surface area (Å²) in [5, 5.41) is 4.44. The van der Waals surface area contributed by atoms with Crippen molar-refractivity contribution < 1.29 is 9.13 Å². The van der Waals surface area contributed by atoms with Gasteiger partial charge in [0.25, 0.3) is 0 Å². The number of nitrogens with zero attached hydrogens (tertiary/aromatic N) is 2. The summed E-state index contributed by atoms with van der Waals surface area (Å²) in [6.07, 6.45) is 5.97. The van der Waals surface area contributed by atoms with Crippen LogP contribution in [0, 0.1) is 12.7 Å². The van der Waals surface area contributed by atoms with Crippen LogP contribution < -0.4 is 4.74 Å². The molecule has 5 rings (SSSR count). The van der Waals surface area contributed by atoms with Crippen molar-refractivity contribution in [2.24, 2.45) is 7.05 Å². The number of ether oxygens (including phenoxy) is 1. The Kier molecular flexibility index (Phi) is 3.81. The molecule has 0 bridgehead atoms. The van der Waals surface area contributed by atoms with Gasteiger partial charge in [0, 0.05) is 24.4 Å². The van der Waals surface area contributed by atoms with E-state index in [4.69, 9.17) is 4.74 Å². The lowest BCUT2D eigenvalue weighted by atomic mass is 9.97. The van der Waals surface area contributed by atoms with Crippen LogP contribution in [0.5, 0.6) is 5.75 Å². The Morgan fingerprint density at radius 1 is 1.04 bits per heavy atom. The van der Waals surface area contributed by atoms with Gasteiger partial charge in [-0.15, -0.1) is 0 Å². The molecule has 1 saturated carbocycles. The fourth-order valence-electron chi connectivity index (χ4n) is 4.31. The van der Waals surface area contributed by atoms with Gasteiger partial charge in [-0.25, -0.2) is 4.39 Å². The van der Waals surface area contributed by atoms with E-state index in [1.165, 1.54) is 18.4 Å². The first-order valence-corrected chi connectivity index (χ1v) is 9.68. The van der Waals surface area contributed by atoms with E-state index in [-0.39, 0.29) is 11.9 Å². The van der Waals surface area contributed by atoms with E-state index in [1.807, 2.05) is 43.0 Å². The van der Waals surface area contributed by atoms with Gasteiger partial charge in [-0.2, -0.15) is 5.10 Å². The van der Waals surface area contributed by atoms with Crippen LogP contribution >= 0.6 is 0 Å². The van der Waals surface area contributed by atoms with E-state index in [0.717, 1.165) is 46.9 Å². The Morgan fingerprint density at radius 3 is 2.48 bits per heavy atom. The number of hydrogen-bond acceptors (Lipinski definition) is 2. The van der Waals surface area contributed by atoms with Gasteiger partial charge in [0.05, 0.1) is 5.69 Å². The second-order valence-corrected chi connectivity index (χ2v) is 7.78. The van der Waals surface area contributed by atoms with Crippen molar-refractivity contribution in [1.82, 2.24) is 9.78 Å². The summed E-state index contributed by atoms with van der Waals surface area (Å²) in [7, 11) is 1.91. The first kappa shape index (κ1) is 16.5. The van der Waals surface area contributed by atoms with Crippen LogP contribution in [0.3, 0.4) is 0 Å². The number of hydrogen-bond donors (Lipinski definition) is 0. The van der Waals surface area contributed by atoms with Gasteiger partial charge < -0.3 is 4.74 Å². The zero-order valence-electron chi connectivity index (χ0n) is 15.7. The third-order valence-electron chi connectivity index (χ3n) is 5.79. The smallest absolute Gasteiger partial charge is 0.130 e. The topological polar surface area (TPSA) is 27.1 Å². The van der Waals surface area contributed by atoms with Gasteiger partial charge in [-0.1, -0.05) is 18.2 Å². The molecule has 3 aromatic rings. The highest BCUT2D eigenvalue weighted by molar-refractivity contribution is 5.71. The summed E-state index contributed by atoms with van der Waals surface area (Å²) in [6.45, 7) is 2.00. The molecule has 1 unspecified atom stereocenters. The van der Waals surface area contributed by atoms with Crippen molar-refractivity contribution in [2.45, 2.75) is 44.6 Å². The number of benzene rings is 2. The molecule has 138 valence electrons. The molecular weight excluding hydrogens is 339 g/mol. The molecule has 4 heteroatoms. The van der Waals surface area contributed by atoms with Crippen molar-refractivity contribution in [3.8, 4) is 16.9 Å². The van der Waals surface area contributed by atoms with Gasteiger partial charge in [0.2, 0.25) is 0 Å². The highest BCUT2D eigenvalue weighted by atomic mass is 19.1. The second kappa shape index (κ2) is 6.22. The van der Waals surface area contributed by atoms with E-state index in [9.17, 15) is 4.39 Å². The molecule has 27 heavy (non-hydrogen) atoms. The third-order valence-corrected chi connectivity index (χ3v) is 5.79.